The lowest BCUT2D eigenvalue weighted by molar-refractivity contribution is -0.126. The molecule has 0 aliphatic carbocycles. The minimum atomic E-state index is -0.540. The minimum Gasteiger partial charge on any atom is -0.497 e. The van der Waals surface area contributed by atoms with E-state index in [1.54, 1.807) is 25.3 Å². The lowest BCUT2D eigenvalue weighted by Crippen LogP contribution is -2.30. The smallest absolute Gasteiger partial charge is 0.245 e. The molecule has 0 bridgehead atoms. The van der Waals surface area contributed by atoms with E-state index in [1.807, 2.05) is 0 Å². The van der Waals surface area contributed by atoms with Crippen LogP contribution in [0.25, 0.3) is 0 Å². The van der Waals surface area contributed by atoms with E-state index in [2.05, 4.69) is 10.5 Å². The van der Waals surface area contributed by atoms with Crippen LogP contribution in [0.1, 0.15) is 12.0 Å². The molecule has 28 heavy (non-hydrogen) atoms. The van der Waals surface area contributed by atoms with Gasteiger partial charge in [0, 0.05) is 24.2 Å². The van der Waals surface area contributed by atoms with Gasteiger partial charge in [-0.2, -0.15) is 5.10 Å². The first kappa shape index (κ1) is 19.3. The number of hydrazone groups is 1. The number of nitrogens with one attached hydrogen (secondary N) is 1. The predicted molar refractivity (Wildman–Crippen MR) is 102 cm³/mol. The highest BCUT2D eigenvalue weighted by Gasteiger charge is 2.35. The lowest BCUT2D eigenvalue weighted by Gasteiger charge is -2.16. The van der Waals surface area contributed by atoms with Gasteiger partial charge in [0.25, 0.3) is 0 Å². The normalized spacial score (nSPS) is 16.5. The van der Waals surface area contributed by atoms with E-state index in [1.165, 1.54) is 42.5 Å². The van der Waals surface area contributed by atoms with Gasteiger partial charge in [0.2, 0.25) is 11.8 Å². The fourth-order valence-electron chi connectivity index (χ4n) is 2.95. The van der Waals surface area contributed by atoms with Crippen molar-refractivity contribution in [1.82, 2.24) is 5.43 Å². The molecule has 0 unspecified atom stereocenters. The monoisotopic (exact) mass is 385 g/mol. The molecule has 1 aliphatic rings. The predicted octanol–water partition coefficient (Wildman–Crippen LogP) is 2.35. The maximum absolute atomic E-state index is 13.1. The number of hydrogen-bond donors (Lipinski definition) is 1. The molecule has 0 spiro atoms. The Balaban J connectivity index is 1.63. The van der Waals surface area contributed by atoms with Gasteiger partial charge in [0.15, 0.2) is 0 Å². The molecule has 1 fully saturated rings. The third-order valence-electron chi connectivity index (χ3n) is 4.45. The van der Waals surface area contributed by atoms with Crippen LogP contribution in [0, 0.1) is 11.7 Å². The number of hydrogen-bond acceptors (Lipinski definition) is 5. The zero-order valence-corrected chi connectivity index (χ0v) is 15.5. The van der Waals surface area contributed by atoms with Gasteiger partial charge in [-0.15, -0.1) is 0 Å². The van der Waals surface area contributed by atoms with Crippen LogP contribution in [0.4, 0.5) is 10.1 Å². The van der Waals surface area contributed by atoms with Crippen molar-refractivity contribution in [2.24, 2.45) is 11.0 Å². The second-order valence-corrected chi connectivity index (χ2v) is 6.22. The van der Waals surface area contributed by atoms with E-state index in [0.29, 0.717) is 22.7 Å². The van der Waals surface area contributed by atoms with Crippen molar-refractivity contribution in [2.75, 3.05) is 25.7 Å². The van der Waals surface area contributed by atoms with Gasteiger partial charge in [-0.3, -0.25) is 9.59 Å². The standard InChI is InChI=1S/C20H20FN3O4/c1-27-17-7-8-18(28-2)13(9-17)11-22-23-20(26)14-10-19(25)24(12-14)16-5-3-15(21)4-6-16/h3-9,11,14H,10,12H2,1-2H3,(H,23,26)/b22-11-/t14-/m1/s1. The number of halogens is 1. The first-order valence-corrected chi connectivity index (χ1v) is 8.62. The minimum absolute atomic E-state index is 0.0706. The molecule has 1 atom stereocenters. The molecule has 7 nitrogen and oxygen atoms in total. The number of amides is 2. The third-order valence-corrected chi connectivity index (χ3v) is 4.45. The summed E-state index contributed by atoms with van der Waals surface area (Å²) >= 11 is 0. The van der Waals surface area contributed by atoms with E-state index >= 15 is 0 Å². The fraction of sp³-hybridized carbons (Fsp3) is 0.250. The van der Waals surface area contributed by atoms with Crippen LogP contribution in [-0.2, 0) is 9.59 Å². The second-order valence-electron chi connectivity index (χ2n) is 6.22. The Morgan fingerprint density at radius 1 is 1.21 bits per heavy atom. The maximum atomic E-state index is 13.1. The molecule has 1 saturated heterocycles. The Hall–Kier alpha value is -3.42. The van der Waals surface area contributed by atoms with Crippen LogP contribution >= 0.6 is 0 Å². The first-order valence-electron chi connectivity index (χ1n) is 8.62. The highest BCUT2D eigenvalue weighted by molar-refractivity contribution is 6.00. The number of carbonyl (C=O) groups excluding carboxylic acids is 2. The van der Waals surface area contributed by atoms with Crippen LogP contribution in [0.5, 0.6) is 11.5 Å². The summed E-state index contributed by atoms with van der Waals surface area (Å²) in [6.45, 7) is 0.217. The highest BCUT2D eigenvalue weighted by atomic mass is 19.1. The Kier molecular flexibility index (Phi) is 5.88. The van der Waals surface area contributed by atoms with Gasteiger partial charge in [0.05, 0.1) is 26.4 Å². The summed E-state index contributed by atoms with van der Waals surface area (Å²) in [5.41, 5.74) is 3.66. The average molecular weight is 385 g/mol. The summed E-state index contributed by atoms with van der Waals surface area (Å²) in [4.78, 5) is 26.0. The van der Waals surface area contributed by atoms with E-state index in [9.17, 15) is 14.0 Å². The number of ether oxygens (including phenoxy) is 2. The Bertz CT molecular complexity index is 899. The van der Waals surface area contributed by atoms with Crippen LogP contribution in [0.3, 0.4) is 0 Å². The van der Waals surface area contributed by atoms with Gasteiger partial charge in [0.1, 0.15) is 17.3 Å². The molecular formula is C20H20FN3O4. The molecular weight excluding hydrogens is 365 g/mol. The molecule has 2 aromatic carbocycles. The van der Waals surface area contributed by atoms with Crippen molar-refractivity contribution in [3.05, 3.63) is 53.8 Å². The molecule has 2 aromatic rings. The SMILES string of the molecule is COc1ccc(OC)c(/C=N\NC(=O)[C@@H]2CC(=O)N(c3ccc(F)cc3)C2)c1. The zero-order chi connectivity index (χ0) is 20.1. The molecule has 2 amide bonds. The van der Waals surface area contributed by atoms with Gasteiger partial charge < -0.3 is 14.4 Å². The lowest BCUT2D eigenvalue weighted by atomic mass is 10.1. The fourth-order valence-corrected chi connectivity index (χ4v) is 2.95. The summed E-state index contributed by atoms with van der Waals surface area (Å²) in [6.07, 6.45) is 1.52. The number of anilines is 1. The summed E-state index contributed by atoms with van der Waals surface area (Å²) in [7, 11) is 3.08. The molecule has 1 N–H and O–H groups in total. The van der Waals surface area contributed by atoms with Gasteiger partial charge in [-0.25, -0.2) is 9.82 Å². The summed E-state index contributed by atoms with van der Waals surface area (Å²) in [6, 6.07) is 10.8. The second kappa shape index (κ2) is 8.51. The average Bonchev–Trinajstić information content (AvgIpc) is 3.10. The maximum Gasteiger partial charge on any atom is 0.245 e. The Labute approximate surface area is 161 Å². The summed E-state index contributed by atoms with van der Waals surface area (Å²) in [5, 5.41) is 3.97. The van der Waals surface area contributed by atoms with E-state index in [-0.39, 0.29) is 30.6 Å². The van der Waals surface area contributed by atoms with E-state index in [0.717, 1.165) is 0 Å². The Morgan fingerprint density at radius 2 is 1.96 bits per heavy atom. The van der Waals surface area contributed by atoms with Crippen molar-refractivity contribution >= 4 is 23.7 Å². The van der Waals surface area contributed by atoms with Crippen molar-refractivity contribution in [2.45, 2.75) is 6.42 Å². The Morgan fingerprint density at radius 3 is 2.64 bits per heavy atom. The quantitative estimate of drug-likeness (QED) is 0.611. The van der Waals surface area contributed by atoms with Crippen LogP contribution in [0.2, 0.25) is 0 Å². The summed E-state index contributed by atoms with van der Waals surface area (Å²) in [5.74, 6) is -0.266. The van der Waals surface area contributed by atoms with Crippen molar-refractivity contribution in [1.29, 1.82) is 0 Å². The van der Waals surface area contributed by atoms with Crippen molar-refractivity contribution < 1.29 is 23.5 Å². The van der Waals surface area contributed by atoms with Gasteiger partial charge in [-0.05, 0) is 42.5 Å². The van der Waals surface area contributed by atoms with Crippen LogP contribution < -0.4 is 19.8 Å². The van der Waals surface area contributed by atoms with Gasteiger partial charge in [-0.1, -0.05) is 0 Å². The number of carbonyl (C=O) groups is 2. The van der Waals surface area contributed by atoms with E-state index < -0.39 is 5.92 Å². The molecule has 146 valence electrons. The number of rotatable bonds is 6. The first-order chi connectivity index (χ1) is 13.5. The summed E-state index contributed by atoms with van der Waals surface area (Å²) < 4.78 is 23.5. The number of benzene rings is 2. The molecule has 1 aliphatic heterocycles. The number of nitrogens with zero attached hydrogens (tertiary/aromatic N) is 2. The zero-order valence-electron chi connectivity index (χ0n) is 15.5. The van der Waals surface area contributed by atoms with Crippen molar-refractivity contribution in [3.8, 4) is 11.5 Å². The third kappa shape index (κ3) is 4.28. The topological polar surface area (TPSA) is 80.2 Å². The molecule has 0 saturated carbocycles. The van der Waals surface area contributed by atoms with Crippen molar-refractivity contribution in [3.63, 3.8) is 0 Å². The molecule has 1 heterocycles. The van der Waals surface area contributed by atoms with E-state index in [4.69, 9.17) is 9.47 Å². The largest absolute Gasteiger partial charge is 0.497 e. The van der Waals surface area contributed by atoms with Gasteiger partial charge >= 0.3 is 0 Å². The highest BCUT2D eigenvalue weighted by Crippen LogP contribution is 2.25. The number of methoxy groups -OCH3 is 2. The van der Waals surface area contributed by atoms with Crippen LogP contribution in [0.15, 0.2) is 47.6 Å². The molecule has 0 radical (unpaired) electrons. The molecule has 3 rings (SSSR count). The molecule has 0 aromatic heterocycles. The molecule has 8 heteroatoms. The van der Waals surface area contributed by atoms with Crippen LogP contribution in [-0.4, -0.2) is 38.8 Å².